The lowest BCUT2D eigenvalue weighted by atomic mass is 10.2. The zero-order chi connectivity index (χ0) is 15.7. The van der Waals surface area contributed by atoms with E-state index in [1.165, 1.54) is 22.9 Å². The number of benzene rings is 1. The van der Waals surface area contributed by atoms with Crippen molar-refractivity contribution in [3.05, 3.63) is 76.2 Å². The Labute approximate surface area is 125 Å². The molecule has 6 nitrogen and oxygen atoms in total. The van der Waals surface area contributed by atoms with E-state index >= 15 is 0 Å². The highest BCUT2D eigenvalue weighted by atomic mass is 16.3. The van der Waals surface area contributed by atoms with E-state index in [0.717, 1.165) is 4.57 Å². The Morgan fingerprint density at radius 3 is 2.77 bits per heavy atom. The Kier molecular flexibility index (Phi) is 3.34. The van der Waals surface area contributed by atoms with Gasteiger partial charge >= 0.3 is 5.69 Å². The number of phenols is 1. The Morgan fingerprint density at radius 2 is 2.09 bits per heavy atom. The van der Waals surface area contributed by atoms with Crippen LogP contribution in [0.4, 0.5) is 0 Å². The summed E-state index contributed by atoms with van der Waals surface area (Å²) in [6.45, 7) is 3.89. The van der Waals surface area contributed by atoms with Crippen molar-refractivity contribution in [3.63, 3.8) is 0 Å². The summed E-state index contributed by atoms with van der Waals surface area (Å²) in [5.41, 5.74) is -0.145. The lowest BCUT2D eigenvalue weighted by molar-refractivity contribution is 0.476. The van der Waals surface area contributed by atoms with Crippen molar-refractivity contribution in [1.29, 1.82) is 0 Å². The van der Waals surface area contributed by atoms with Gasteiger partial charge in [-0.15, -0.1) is 6.58 Å². The molecule has 22 heavy (non-hydrogen) atoms. The minimum atomic E-state index is -0.496. The van der Waals surface area contributed by atoms with Crippen LogP contribution in [0.3, 0.4) is 0 Å². The first-order valence-electron chi connectivity index (χ1n) is 6.63. The van der Waals surface area contributed by atoms with E-state index in [4.69, 9.17) is 0 Å². The zero-order valence-electron chi connectivity index (χ0n) is 11.6. The lowest BCUT2D eigenvalue weighted by Crippen LogP contribution is -2.38. The SMILES string of the molecule is C=CCn1c(=O)n(-c2cccnc2)c(=O)c2cc(O)ccc21. The topological polar surface area (TPSA) is 77.1 Å². The van der Waals surface area contributed by atoms with Crippen LogP contribution in [0.25, 0.3) is 16.6 Å². The Bertz CT molecular complexity index is 972. The van der Waals surface area contributed by atoms with Gasteiger partial charge in [0.15, 0.2) is 0 Å². The number of fused-ring (bicyclic) bond motifs is 1. The van der Waals surface area contributed by atoms with Crippen LogP contribution in [-0.4, -0.2) is 19.2 Å². The van der Waals surface area contributed by atoms with Crippen molar-refractivity contribution < 1.29 is 5.11 Å². The largest absolute Gasteiger partial charge is 0.508 e. The minimum Gasteiger partial charge on any atom is -0.508 e. The van der Waals surface area contributed by atoms with Crippen LogP contribution in [0.15, 0.2) is 65.0 Å². The number of hydrogen-bond acceptors (Lipinski definition) is 4. The first kappa shape index (κ1) is 13.8. The van der Waals surface area contributed by atoms with Crippen LogP contribution in [0.2, 0.25) is 0 Å². The predicted octanol–water partition coefficient (Wildman–Crippen LogP) is 1.44. The van der Waals surface area contributed by atoms with E-state index < -0.39 is 11.2 Å². The van der Waals surface area contributed by atoms with Gasteiger partial charge in [0.05, 0.1) is 22.8 Å². The van der Waals surface area contributed by atoms with E-state index in [9.17, 15) is 14.7 Å². The molecule has 0 amide bonds. The highest BCUT2D eigenvalue weighted by Gasteiger charge is 2.14. The fourth-order valence-corrected chi connectivity index (χ4v) is 2.38. The molecule has 0 bridgehead atoms. The van der Waals surface area contributed by atoms with E-state index in [2.05, 4.69) is 11.6 Å². The van der Waals surface area contributed by atoms with Gasteiger partial charge in [0.1, 0.15) is 5.75 Å². The first-order valence-corrected chi connectivity index (χ1v) is 6.63. The summed E-state index contributed by atoms with van der Waals surface area (Å²) in [7, 11) is 0. The van der Waals surface area contributed by atoms with Crippen LogP contribution in [0, 0.1) is 0 Å². The molecule has 0 fully saturated rings. The fourth-order valence-electron chi connectivity index (χ4n) is 2.38. The van der Waals surface area contributed by atoms with Crippen LogP contribution in [0.1, 0.15) is 0 Å². The maximum atomic E-state index is 12.7. The fraction of sp³-hybridized carbons (Fsp3) is 0.0625. The second kappa shape index (κ2) is 5.33. The molecule has 3 aromatic rings. The molecule has 0 aliphatic heterocycles. The predicted molar refractivity (Wildman–Crippen MR) is 83.5 cm³/mol. The quantitative estimate of drug-likeness (QED) is 0.742. The standard InChI is InChI=1S/C16H13N3O3/c1-2-8-18-14-6-5-12(20)9-13(14)15(21)19(16(18)22)11-4-3-7-17-10-11/h2-7,9-10,20H,1,8H2. The van der Waals surface area contributed by atoms with Gasteiger partial charge in [-0.2, -0.15) is 0 Å². The van der Waals surface area contributed by atoms with Gasteiger partial charge in [0.25, 0.3) is 5.56 Å². The molecular weight excluding hydrogens is 282 g/mol. The average Bonchev–Trinajstić information content (AvgIpc) is 2.53. The third-order valence-electron chi connectivity index (χ3n) is 3.34. The summed E-state index contributed by atoms with van der Waals surface area (Å²) in [5.74, 6) is -0.0360. The second-order valence-corrected chi connectivity index (χ2v) is 4.74. The molecule has 3 rings (SSSR count). The van der Waals surface area contributed by atoms with Crippen molar-refractivity contribution in [2.45, 2.75) is 6.54 Å². The molecule has 2 aromatic heterocycles. The van der Waals surface area contributed by atoms with E-state index in [1.807, 2.05) is 0 Å². The molecule has 1 N–H and O–H groups in total. The molecule has 0 aliphatic carbocycles. The number of allylic oxidation sites excluding steroid dienone is 1. The van der Waals surface area contributed by atoms with Crippen molar-refractivity contribution in [1.82, 2.24) is 14.1 Å². The third kappa shape index (κ3) is 2.10. The molecule has 0 saturated heterocycles. The van der Waals surface area contributed by atoms with Crippen molar-refractivity contribution in [2.24, 2.45) is 0 Å². The van der Waals surface area contributed by atoms with E-state index in [1.54, 1.807) is 30.5 Å². The molecule has 6 heteroatoms. The Balaban J connectivity index is 2.50. The van der Waals surface area contributed by atoms with Crippen molar-refractivity contribution >= 4 is 10.9 Å². The number of phenolic OH excluding ortho intramolecular Hbond substituents is 1. The van der Waals surface area contributed by atoms with Crippen LogP contribution in [0.5, 0.6) is 5.75 Å². The van der Waals surface area contributed by atoms with Crippen LogP contribution < -0.4 is 11.2 Å². The van der Waals surface area contributed by atoms with Gasteiger partial charge in [0.2, 0.25) is 0 Å². The molecule has 0 unspecified atom stereocenters. The highest BCUT2D eigenvalue weighted by Crippen LogP contribution is 2.16. The maximum absolute atomic E-state index is 12.7. The van der Waals surface area contributed by atoms with Crippen LogP contribution >= 0.6 is 0 Å². The molecule has 1 aromatic carbocycles. The average molecular weight is 295 g/mol. The zero-order valence-corrected chi connectivity index (χ0v) is 11.6. The molecule has 110 valence electrons. The molecule has 2 heterocycles. The third-order valence-corrected chi connectivity index (χ3v) is 3.34. The number of rotatable bonds is 3. The monoisotopic (exact) mass is 295 g/mol. The van der Waals surface area contributed by atoms with Gasteiger partial charge in [-0.05, 0) is 30.3 Å². The summed E-state index contributed by atoms with van der Waals surface area (Å²) < 4.78 is 2.47. The lowest BCUT2D eigenvalue weighted by Gasteiger charge is -2.12. The summed E-state index contributed by atoms with van der Waals surface area (Å²) in [6, 6.07) is 7.61. The van der Waals surface area contributed by atoms with Crippen molar-refractivity contribution in [3.8, 4) is 11.4 Å². The second-order valence-electron chi connectivity index (χ2n) is 4.74. The Morgan fingerprint density at radius 1 is 1.27 bits per heavy atom. The molecule has 0 radical (unpaired) electrons. The summed E-state index contributed by atoms with van der Waals surface area (Å²) in [4.78, 5) is 29.2. The van der Waals surface area contributed by atoms with Crippen LogP contribution in [-0.2, 0) is 6.54 Å². The molecule has 0 aliphatic rings. The first-order chi connectivity index (χ1) is 10.6. The van der Waals surface area contributed by atoms with E-state index in [0.29, 0.717) is 11.2 Å². The molecule has 0 atom stereocenters. The summed E-state index contributed by atoms with van der Waals surface area (Å²) in [5, 5.41) is 9.89. The number of nitrogens with zero attached hydrogens (tertiary/aromatic N) is 3. The van der Waals surface area contributed by atoms with Gasteiger partial charge < -0.3 is 5.11 Å². The summed E-state index contributed by atoms with van der Waals surface area (Å²) in [6.07, 6.45) is 4.57. The maximum Gasteiger partial charge on any atom is 0.336 e. The van der Waals surface area contributed by atoms with E-state index in [-0.39, 0.29) is 17.7 Å². The highest BCUT2D eigenvalue weighted by molar-refractivity contribution is 5.80. The van der Waals surface area contributed by atoms with Gasteiger partial charge in [-0.1, -0.05) is 6.08 Å². The molecular formula is C16H13N3O3. The van der Waals surface area contributed by atoms with Gasteiger partial charge in [-0.25, -0.2) is 9.36 Å². The Hall–Kier alpha value is -3.15. The van der Waals surface area contributed by atoms with Gasteiger partial charge in [0, 0.05) is 12.7 Å². The minimum absolute atomic E-state index is 0.0360. The smallest absolute Gasteiger partial charge is 0.336 e. The normalized spacial score (nSPS) is 10.7. The number of hydrogen-bond donors (Lipinski definition) is 1. The summed E-state index contributed by atoms with van der Waals surface area (Å²) >= 11 is 0. The number of aromatic hydroxyl groups is 1. The number of pyridine rings is 1. The van der Waals surface area contributed by atoms with Crippen molar-refractivity contribution in [2.75, 3.05) is 0 Å². The number of aromatic nitrogens is 3. The molecule has 0 spiro atoms. The molecule has 0 saturated carbocycles. The van der Waals surface area contributed by atoms with Gasteiger partial charge in [-0.3, -0.25) is 14.3 Å².